The van der Waals surface area contributed by atoms with E-state index >= 15 is 0 Å². The Morgan fingerprint density at radius 2 is 1.71 bits per heavy atom. The van der Waals surface area contributed by atoms with Gasteiger partial charge in [-0.25, -0.2) is 0 Å². The van der Waals surface area contributed by atoms with Crippen molar-refractivity contribution in [3.63, 3.8) is 0 Å². The number of alkyl halides is 2. The van der Waals surface area contributed by atoms with Crippen LogP contribution in [0.15, 0.2) is 51.4 Å². The first-order chi connectivity index (χ1) is 9.95. The highest BCUT2D eigenvalue weighted by atomic mass is 79.9. The molecular weight excluding hydrogens is 408 g/mol. The van der Waals surface area contributed by atoms with Crippen molar-refractivity contribution in [1.29, 1.82) is 0 Å². The molecule has 0 saturated heterocycles. The number of anilines is 1. The molecule has 0 aliphatic rings. The van der Waals surface area contributed by atoms with Gasteiger partial charge in [-0.15, -0.1) is 0 Å². The number of halogens is 4. The Kier molecular flexibility index (Phi) is 5.58. The minimum atomic E-state index is -2.80. The highest BCUT2D eigenvalue weighted by Gasteiger charge is 2.10. The van der Waals surface area contributed by atoms with E-state index in [2.05, 4.69) is 41.9 Å². The average molecular weight is 421 g/mol. The largest absolute Gasteiger partial charge is 0.435 e. The number of hydrogen-bond donors (Lipinski definition) is 1. The van der Waals surface area contributed by atoms with E-state index in [1.54, 1.807) is 12.1 Å². The van der Waals surface area contributed by atoms with Gasteiger partial charge in [0.25, 0.3) is 0 Å². The van der Waals surface area contributed by atoms with Crippen LogP contribution in [0.4, 0.5) is 14.5 Å². The first-order valence-corrected chi connectivity index (χ1v) is 7.80. The summed E-state index contributed by atoms with van der Waals surface area (Å²) >= 11 is 6.94. The molecule has 2 rings (SSSR count). The lowest BCUT2D eigenvalue weighted by molar-refractivity contribution is -0.0498. The lowest BCUT2D eigenvalue weighted by atomic mass is 10.1. The van der Waals surface area contributed by atoms with Crippen molar-refractivity contribution in [2.75, 3.05) is 5.32 Å². The Morgan fingerprint density at radius 1 is 1.05 bits per heavy atom. The Bertz CT molecular complexity index is 605. The summed E-state index contributed by atoms with van der Waals surface area (Å²) in [6.45, 7) is -0.779. The van der Waals surface area contributed by atoms with E-state index in [0.29, 0.717) is 0 Å². The smallest absolute Gasteiger partial charge is 0.387 e. The standard InChI is InChI=1S/C15H13Br2F2NO/c1-9(13-7-2-10(16)8-14(13)17)20-11-3-5-12(6-4-11)21-15(18)19/h2-9,15,20H,1H3. The van der Waals surface area contributed by atoms with Crippen LogP contribution in [0.2, 0.25) is 0 Å². The zero-order valence-electron chi connectivity index (χ0n) is 11.1. The van der Waals surface area contributed by atoms with Gasteiger partial charge in [0.1, 0.15) is 5.75 Å². The van der Waals surface area contributed by atoms with Crippen molar-refractivity contribution in [3.05, 3.63) is 57.0 Å². The molecule has 0 amide bonds. The van der Waals surface area contributed by atoms with Gasteiger partial charge in [0.15, 0.2) is 0 Å². The van der Waals surface area contributed by atoms with Crippen LogP contribution in [0.1, 0.15) is 18.5 Å². The predicted octanol–water partition coefficient (Wildman–Crippen LogP) is 5.99. The molecule has 1 atom stereocenters. The van der Waals surface area contributed by atoms with Gasteiger partial charge in [-0.2, -0.15) is 8.78 Å². The molecule has 0 heterocycles. The fraction of sp³-hybridized carbons (Fsp3) is 0.200. The van der Waals surface area contributed by atoms with Crippen molar-refractivity contribution >= 4 is 37.5 Å². The summed E-state index contributed by atoms with van der Waals surface area (Å²) in [5.74, 6) is 0.146. The van der Waals surface area contributed by atoms with E-state index in [0.717, 1.165) is 20.2 Å². The molecule has 2 aromatic rings. The van der Waals surface area contributed by atoms with Crippen molar-refractivity contribution < 1.29 is 13.5 Å². The van der Waals surface area contributed by atoms with Crippen molar-refractivity contribution in [1.82, 2.24) is 0 Å². The van der Waals surface area contributed by atoms with Crippen LogP contribution in [-0.4, -0.2) is 6.61 Å². The summed E-state index contributed by atoms with van der Waals surface area (Å²) in [6.07, 6.45) is 0. The number of rotatable bonds is 5. The molecule has 1 N–H and O–H groups in total. The van der Waals surface area contributed by atoms with Gasteiger partial charge in [0.2, 0.25) is 0 Å². The molecule has 0 aromatic heterocycles. The summed E-state index contributed by atoms with van der Waals surface area (Å²) in [7, 11) is 0. The van der Waals surface area contributed by atoms with Crippen LogP contribution in [-0.2, 0) is 0 Å². The van der Waals surface area contributed by atoms with Gasteiger partial charge in [-0.1, -0.05) is 37.9 Å². The van der Waals surface area contributed by atoms with E-state index in [9.17, 15) is 8.78 Å². The molecule has 0 aliphatic heterocycles. The first-order valence-electron chi connectivity index (χ1n) is 6.22. The fourth-order valence-electron chi connectivity index (χ4n) is 1.91. The topological polar surface area (TPSA) is 21.3 Å². The number of nitrogens with one attached hydrogen (secondary N) is 1. The molecule has 0 bridgehead atoms. The van der Waals surface area contributed by atoms with Crippen LogP contribution < -0.4 is 10.1 Å². The van der Waals surface area contributed by atoms with Crippen molar-refractivity contribution in [3.8, 4) is 5.75 Å². The van der Waals surface area contributed by atoms with E-state index in [1.165, 1.54) is 12.1 Å². The van der Waals surface area contributed by atoms with Gasteiger partial charge in [-0.05, 0) is 48.9 Å². The number of ether oxygens (including phenoxy) is 1. The normalized spacial score (nSPS) is 12.3. The molecule has 0 spiro atoms. The molecule has 21 heavy (non-hydrogen) atoms. The van der Waals surface area contributed by atoms with Gasteiger partial charge in [0, 0.05) is 20.7 Å². The molecular formula is C15H13Br2F2NO. The summed E-state index contributed by atoms with van der Waals surface area (Å²) < 4.78 is 30.5. The van der Waals surface area contributed by atoms with Gasteiger partial charge in [-0.3, -0.25) is 0 Å². The minimum absolute atomic E-state index is 0.0642. The Hall–Kier alpha value is -1.14. The second kappa shape index (κ2) is 7.22. The van der Waals surface area contributed by atoms with Crippen molar-refractivity contribution in [2.45, 2.75) is 19.6 Å². The Balaban J connectivity index is 2.06. The zero-order chi connectivity index (χ0) is 15.4. The lowest BCUT2D eigenvalue weighted by Gasteiger charge is -2.17. The van der Waals surface area contributed by atoms with Gasteiger partial charge < -0.3 is 10.1 Å². The van der Waals surface area contributed by atoms with E-state index in [1.807, 2.05) is 25.1 Å². The second-order valence-electron chi connectivity index (χ2n) is 4.43. The Morgan fingerprint density at radius 3 is 2.29 bits per heavy atom. The molecule has 6 heteroatoms. The summed E-state index contributed by atoms with van der Waals surface area (Å²) in [6, 6.07) is 12.5. The third-order valence-corrected chi connectivity index (χ3v) is 4.07. The quantitative estimate of drug-likeness (QED) is 0.641. The zero-order valence-corrected chi connectivity index (χ0v) is 14.3. The van der Waals surface area contributed by atoms with Crippen molar-refractivity contribution in [2.24, 2.45) is 0 Å². The third kappa shape index (κ3) is 4.68. The minimum Gasteiger partial charge on any atom is -0.435 e. The molecule has 0 aliphatic carbocycles. The monoisotopic (exact) mass is 419 g/mol. The summed E-state index contributed by atoms with van der Waals surface area (Å²) in [5, 5.41) is 3.31. The highest BCUT2D eigenvalue weighted by Crippen LogP contribution is 2.29. The van der Waals surface area contributed by atoms with Crippen LogP contribution in [0.3, 0.4) is 0 Å². The lowest BCUT2D eigenvalue weighted by Crippen LogP contribution is -2.07. The highest BCUT2D eigenvalue weighted by molar-refractivity contribution is 9.11. The molecule has 0 radical (unpaired) electrons. The van der Waals surface area contributed by atoms with Crippen LogP contribution in [0, 0.1) is 0 Å². The van der Waals surface area contributed by atoms with Crippen LogP contribution in [0.25, 0.3) is 0 Å². The van der Waals surface area contributed by atoms with Crippen LogP contribution >= 0.6 is 31.9 Å². The fourth-order valence-corrected chi connectivity index (χ4v) is 3.30. The maximum absolute atomic E-state index is 12.1. The van der Waals surface area contributed by atoms with Gasteiger partial charge >= 0.3 is 6.61 Å². The van der Waals surface area contributed by atoms with Gasteiger partial charge in [0.05, 0.1) is 0 Å². The average Bonchev–Trinajstić information content (AvgIpc) is 2.40. The molecule has 2 aromatic carbocycles. The number of benzene rings is 2. The van der Waals surface area contributed by atoms with Crippen LogP contribution in [0.5, 0.6) is 5.75 Å². The third-order valence-electron chi connectivity index (χ3n) is 2.89. The molecule has 2 nitrogen and oxygen atoms in total. The van der Waals surface area contributed by atoms with E-state index in [4.69, 9.17) is 0 Å². The molecule has 112 valence electrons. The predicted molar refractivity (Wildman–Crippen MR) is 87.0 cm³/mol. The Labute approximate surface area is 138 Å². The summed E-state index contributed by atoms with van der Waals surface area (Å²) in [4.78, 5) is 0. The first kappa shape index (κ1) is 16.2. The molecule has 0 saturated carbocycles. The maximum Gasteiger partial charge on any atom is 0.387 e. The second-order valence-corrected chi connectivity index (χ2v) is 6.20. The number of hydrogen-bond acceptors (Lipinski definition) is 2. The SMILES string of the molecule is CC(Nc1ccc(OC(F)F)cc1)c1ccc(Br)cc1Br. The summed E-state index contributed by atoms with van der Waals surface area (Å²) in [5.41, 5.74) is 1.94. The molecule has 0 fully saturated rings. The maximum atomic E-state index is 12.1. The molecule has 1 unspecified atom stereocenters. The van der Waals surface area contributed by atoms with E-state index in [-0.39, 0.29) is 11.8 Å². The van der Waals surface area contributed by atoms with E-state index < -0.39 is 6.61 Å².